The minimum absolute atomic E-state index is 0.0577. The van der Waals surface area contributed by atoms with E-state index in [4.69, 9.17) is 16.7 Å². The first-order valence-corrected chi connectivity index (χ1v) is 7.62. The van der Waals surface area contributed by atoms with E-state index in [9.17, 15) is 9.59 Å². The number of benzene rings is 1. The van der Waals surface area contributed by atoms with Gasteiger partial charge in [-0.1, -0.05) is 30.7 Å². The number of carbonyl (C=O) groups is 2. The molecule has 0 aliphatic heterocycles. The summed E-state index contributed by atoms with van der Waals surface area (Å²) in [7, 11) is 1.63. The Bertz CT molecular complexity index is 481. The van der Waals surface area contributed by atoms with Gasteiger partial charge in [-0.2, -0.15) is 0 Å². The largest absolute Gasteiger partial charge is 0.481 e. The maximum Gasteiger partial charge on any atom is 0.308 e. The molecule has 6 heteroatoms. The number of carboxylic acid groups (broad SMARTS) is 1. The fourth-order valence-electron chi connectivity index (χ4n) is 1.59. The highest BCUT2D eigenvalue weighted by Gasteiger charge is 2.17. The van der Waals surface area contributed by atoms with E-state index in [1.807, 2.05) is 24.3 Å². The summed E-state index contributed by atoms with van der Waals surface area (Å²) >= 11 is 7.55. The van der Waals surface area contributed by atoms with Gasteiger partial charge in [0.25, 0.3) is 0 Å². The molecule has 0 radical (unpaired) electrons. The number of thioether (sulfide) groups is 1. The number of carbonyl (C=O) groups excluding carboxylic acids is 1. The minimum Gasteiger partial charge on any atom is -0.481 e. The Morgan fingerprint density at radius 1 is 1.40 bits per heavy atom. The summed E-state index contributed by atoms with van der Waals surface area (Å²) in [6, 6.07) is 7.48. The van der Waals surface area contributed by atoms with Crippen molar-refractivity contribution in [3.05, 3.63) is 29.3 Å². The Morgan fingerprint density at radius 2 is 2.05 bits per heavy atom. The van der Waals surface area contributed by atoms with Crippen LogP contribution in [0.4, 0.5) is 0 Å². The molecule has 1 N–H and O–H groups in total. The van der Waals surface area contributed by atoms with Gasteiger partial charge in [0.05, 0.1) is 10.9 Å². The average Bonchev–Trinajstić information content (AvgIpc) is 2.40. The van der Waals surface area contributed by atoms with Crippen molar-refractivity contribution in [3.63, 3.8) is 0 Å². The topological polar surface area (TPSA) is 57.6 Å². The number of hydrogen-bond acceptors (Lipinski definition) is 3. The number of carboxylic acids is 1. The summed E-state index contributed by atoms with van der Waals surface area (Å²) in [5.41, 5.74) is 0. The molecular formula is C14H18ClNO3S. The van der Waals surface area contributed by atoms with Gasteiger partial charge < -0.3 is 10.0 Å². The van der Waals surface area contributed by atoms with Gasteiger partial charge in [0, 0.05) is 30.7 Å². The van der Waals surface area contributed by atoms with E-state index in [1.165, 1.54) is 16.7 Å². The van der Waals surface area contributed by atoms with E-state index < -0.39 is 11.9 Å². The molecule has 1 amide bonds. The lowest BCUT2D eigenvalue weighted by atomic mass is 10.2. The second kappa shape index (κ2) is 8.17. The molecule has 0 spiro atoms. The molecule has 0 aromatic heterocycles. The van der Waals surface area contributed by atoms with Crippen molar-refractivity contribution in [1.82, 2.24) is 4.90 Å². The van der Waals surface area contributed by atoms with E-state index in [1.54, 1.807) is 14.0 Å². The zero-order valence-electron chi connectivity index (χ0n) is 11.5. The fraction of sp³-hybridized carbons (Fsp3) is 0.429. The van der Waals surface area contributed by atoms with Gasteiger partial charge in [-0.3, -0.25) is 9.59 Å². The lowest BCUT2D eigenvalue weighted by Gasteiger charge is -2.19. The molecule has 1 unspecified atom stereocenters. The Labute approximate surface area is 128 Å². The van der Waals surface area contributed by atoms with Crippen molar-refractivity contribution < 1.29 is 14.7 Å². The molecule has 110 valence electrons. The van der Waals surface area contributed by atoms with Crippen molar-refractivity contribution in [1.29, 1.82) is 0 Å². The van der Waals surface area contributed by atoms with Crippen LogP contribution in [0.15, 0.2) is 29.2 Å². The predicted octanol–water partition coefficient (Wildman–Crippen LogP) is 3.00. The molecule has 20 heavy (non-hydrogen) atoms. The van der Waals surface area contributed by atoms with Gasteiger partial charge in [0.2, 0.25) is 5.91 Å². The maximum absolute atomic E-state index is 11.9. The highest BCUT2D eigenvalue weighted by atomic mass is 35.5. The molecule has 0 saturated carbocycles. The summed E-state index contributed by atoms with van der Waals surface area (Å²) in [6.45, 7) is 1.82. The Balaban J connectivity index is 2.36. The predicted molar refractivity (Wildman–Crippen MR) is 81.2 cm³/mol. The average molecular weight is 316 g/mol. The van der Waals surface area contributed by atoms with Gasteiger partial charge in [-0.05, 0) is 12.1 Å². The first-order valence-electron chi connectivity index (χ1n) is 6.26. The molecule has 0 aliphatic carbocycles. The van der Waals surface area contributed by atoms with Crippen molar-refractivity contribution >= 4 is 35.2 Å². The fourth-order valence-corrected chi connectivity index (χ4v) is 2.77. The van der Waals surface area contributed by atoms with Crippen LogP contribution >= 0.6 is 23.4 Å². The van der Waals surface area contributed by atoms with Crippen LogP contribution in [0.2, 0.25) is 5.02 Å². The van der Waals surface area contributed by atoms with E-state index in [-0.39, 0.29) is 12.5 Å². The zero-order valence-corrected chi connectivity index (χ0v) is 13.1. The van der Waals surface area contributed by atoms with Crippen molar-refractivity contribution in [2.24, 2.45) is 5.92 Å². The van der Waals surface area contributed by atoms with Gasteiger partial charge in [0.1, 0.15) is 0 Å². The van der Waals surface area contributed by atoms with Crippen LogP contribution in [-0.4, -0.2) is 41.2 Å². The zero-order chi connectivity index (χ0) is 15.1. The normalized spacial score (nSPS) is 11.9. The van der Waals surface area contributed by atoms with E-state index in [0.29, 0.717) is 17.2 Å². The summed E-state index contributed by atoms with van der Waals surface area (Å²) in [6.07, 6.45) is 0.360. The summed E-state index contributed by atoms with van der Waals surface area (Å²) < 4.78 is 0. The molecule has 0 bridgehead atoms. The van der Waals surface area contributed by atoms with Crippen molar-refractivity contribution in [3.8, 4) is 0 Å². The molecule has 0 heterocycles. The van der Waals surface area contributed by atoms with E-state index in [0.717, 1.165) is 4.90 Å². The van der Waals surface area contributed by atoms with Crippen LogP contribution in [0.3, 0.4) is 0 Å². The second-order valence-corrected chi connectivity index (χ2v) is 6.09. The summed E-state index contributed by atoms with van der Waals surface area (Å²) in [4.78, 5) is 25.0. The lowest BCUT2D eigenvalue weighted by molar-refractivity contribution is -0.142. The third kappa shape index (κ3) is 5.43. The van der Waals surface area contributed by atoms with Crippen molar-refractivity contribution in [2.75, 3.05) is 19.3 Å². The highest BCUT2D eigenvalue weighted by Crippen LogP contribution is 2.27. The van der Waals surface area contributed by atoms with Gasteiger partial charge in [0.15, 0.2) is 0 Å². The molecule has 1 aromatic rings. The molecule has 1 rings (SSSR count). The Hall–Kier alpha value is -1.20. The van der Waals surface area contributed by atoms with Crippen LogP contribution in [-0.2, 0) is 9.59 Å². The number of halogens is 1. The van der Waals surface area contributed by atoms with E-state index in [2.05, 4.69) is 0 Å². The lowest BCUT2D eigenvalue weighted by Crippen LogP contribution is -2.33. The van der Waals surface area contributed by atoms with Gasteiger partial charge in [-0.25, -0.2) is 0 Å². The van der Waals surface area contributed by atoms with Crippen LogP contribution in [0, 0.1) is 5.92 Å². The quantitative estimate of drug-likeness (QED) is 0.786. The SMILES string of the molecule is CC(CN(C)C(=O)CCSc1ccccc1Cl)C(=O)O. The molecule has 0 fully saturated rings. The van der Waals surface area contributed by atoms with E-state index >= 15 is 0 Å². The Kier molecular flexibility index (Phi) is 6.88. The van der Waals surface area contributed by atoms with Crippen LogP contribution in [0.1, 0.15) is 13.3 Å². The van der Waals surface area contributed by atoms with Crippen LogP contribution in [0.25, 0.3) is 0 Å². The smallest absolute Gasteiger partial charge is 0.308 e. The first kappa shape index (κ1) is 16.9. The molecular weight excluding hydrogens is 298 g/mol. The second-order valence-electron chi connectivity index (χ2n) is 4.54. The van der Waals surface area contributed by atoms with Crippen LogP contribution < -0.4 is 0 Å². The van der Waals surface area contributed by atoms with Crippen LogP contribution in [0.5, 0.6) is 0 Å². The highest BCUT2D eigenvalue weighted by molar-refractivity contribution is 7.99. The van der Waals surface area contributed by atoms with Crippen molar-refractivity contribution in [2.45, 2.75) is 18.2 Å². The number of rotatable bonds is 7. The molecule has 4 nitrogen and oxygen atoms in total. The molecule has 1 atom stereocenters. The number of nitrogens with zero attached hydrogens (tertiary/aromatic N) is 1. The first-order chi connectivity index (χ1) is 9.41. The number of amides is 1. The summed E-state index contributed by atoms with van der Waals surface area (Å²) in [5, 5.41) is 9.49. The monoisotopic (exact) mass is 315 g/mol. The summed E-state index contributed by atoms with van der Waals surface area (Å²) in [5.74, 6) is -0.887. The van der Waals surface area contributed by atoms with Gasteiger partial charge >= 0.3 is 5.97 Å². The minimum atomic E-state index is -0.893. The maximum atomic E-state index is 11.9. The molecule has 1 aromatic carbocycles. The third-order valence-electron chi connectivity index (χ3n) is 2.81. The molecule has 0 aliphatic rings. The van der Waals surface area contributed by atoms with Gasteiger partial charge in [-0.15, -0.1) is 11.8 Å². The number of aliphatic carboxylic acids is 1. The third-order valence-corrected chi connectivity index (χ3v) is 4.32. The Morgan fingerprint density at radius 3 is 2.65 bits per heavy atom. The molecule has 0 saturated heterocycles. The standard InChI is InChI=1S/C14H18ClNO3S/c1-10(14(18)19)9-16(2)13(17)7-8-20-12-6-4-3-5-11(12)15/h3-6,10H,7-9H2,1-2H3,(H,18,19). The number of hydrogen-bond donors (Lipinski definition) is 1.